The van der Waals surface area contributed by atoms with E-state index >= 15 is 0 Å². The van der Waals surface area contributed by atoms with Gasteiger partial charge >= 0.3 is 7.48 Å². The molecule has 171 valence electrons. The minimum Gasteiger partial charge on any atom is -0.463 e. The molecule has 2 N–H and O–H groups in total. The van der Waals surface area contributed by atoms with Crippen molar-refractivity contribution in [3.63, 3.8) is 0 Å². The van der Waals surface area contributed by atoms with Crippen LogP contribution in [0.15, 0.2) is 48.1 Å². The standard InChI is InChI=1S/C25H35BN2O3.U/c1-7-27-23(29)16-22(26-31-25(5,6)17(2)3)28-24(30)21-14-13-20(15-18(21)4)19-11-9-8-10-12-19;/h8-14,18,22H,7,15-16H2,1-6H3,(H,27,29)(H,28,30);/q-1;/t18?,22-;/m0./s1. The third-order valence-corrected chi connectivity index (χ3v) is 5.75. The summed E-state index contributed by atoms with van der Waals surface area (Å²) in [5, 5.41) is 5.77. The maximum atomic E-state index is 13.0. The van der Waals surface area contributed by atoms with Gasteiger partial charge in [0.25, 0.3) is 0 Å². The summed E-state index contributed by atoms with van der Waals surface area (Å²) in [5.41, 5.74) is 2.63. The van der Waals surface area contributed by atoms with Crippen molar-refractivity contribution in [1.82, 2.24) is 10.6 Å². The molecule has 1 unspecified atom stereocenters. The molecule has 5 nitrogen and oxygen atoms in total. The number of rotatable bonds is 10. The molecule has 2 rings (SSSR count). The first-order valence-electron chi connectivity index (χ1n) is 11.0. The molecule has 32 heavy (non-hydrogen) atoms. The topological polar surface area (TPSA) is 67.4 Å². The Morgan fingerprint density at radius 2 is 1.88 bits per heavy atom. The number of hydrogen-bond acceptors (Lipinski definition) is 3. The molecule has 0 aromatic heterocycles. The second kappa shape index (κ2) is 13.4. The molecule has 0 spiro atoms. The fourth-order valence-corrected chi connectivity index (χ4v) is 3.25. The molecule has 0 fully saturated rings. The zero-order valence-electron chi connectivity index (χ0n) is 20.1. The van der Waals surface area contributed by atoms with Gasteiger partial charge in [0.2, 0.25) is 11.8 Å². The Morgan fingerprint density at radius 1 is 1.22 bits per heavy atom. The number of hydrogen-bond donors (Lipinski definition) is 2. The molecule has 7 heteroatoms. The van der Waals surface area contributed by atoms with Gasteiger partial charge in [-0.3, -0.25) is 15.5 Å². The van der Waals surface area contributed by atoms with Crippen LogP contribution in [0.5, 0.6) is 0 Å². The molecule has 1 radical (unpaired) electrons. The van der Waals surface area contributed by atoms with Crippen LogP contribution >= 0.6 is 0 Å². The maximum Gasteiger partial charge on any atom is 0.314 e. The Balaban J connectivity index is 0.00000512. The summed E-state index contributed by atoms with van der Waals surface area (Å²) in [6.45, 7) is 12.4. The van der Waals surface area contributed by atoms with E-state index in [1.54, 1.807) is 7.48 Å². The maximum absolute atomic E-state index is 13.0. The number of carbonyl (C=O) groups excluding carboxylic acids is 2. The number of carbonyl (C=O) groups is 2. The largest absolute Gasteiger partial charge is 0.463 e. The van der Waals surface area contributed by atoms with E-state index in [1.807, 2.05) is 65.0 Å². The van der Waals surface area contributed by atoms with E-state index < -0.39 is 11.5 Å². The van der Waals surface area contributed by atoms with Gasteiger partial charge in [-0.25, -0.2) is 0 Å². The molecule has 0 aliphatic heterocycles. The third-order valence-electron chi connectivity index (χ3n) is 5.75. The van der Waals surface area contributed by atoms with E-state index in [1.165, 1.54) is 11.1 Å². The Morgan fingerprint density at radius 3 is 2.44 bits per heavy atom. The normalized spacial score (nSPS) is 16.9. The second-order valence-electron chi connectivity index (χ2n) is 8.79. The first-order valence-corrected chi connectivity index (χ1v) is 11.0. The van der Waals surface area contributed by atoms with Gasteiger partial charge in [0.05, 0.1) is 0 Å². The molecule has 1 aliphatic carbocycles. The predicted molar refractivity (Wildman–Crippen MR) is 127 cm³/mol. The van der Waals surface area contributed by atoms with E-state index in [-0.39, 0.29) is 55.3 Å². The molecular weight excluding hydrogens is 625 g/mol. The minimum atomic E-state index is -0.523. The molecule has 0 heterocycles. The number of amides is 2. The van der Waals surface area contributed by atoms with Gasteiger partial charge in [-0.05, 0) is 30.4 Å². The first-order chi connectivity index (χ1) is 14.6. The van der Waals surface area contributed by atoms with Crippen molar-refractivity contribution in [3.8, 4) is 0 Å². The quantitative estimate of drug-likeness (QED) is 0.295. The Labute approximate surface area is 217 Å². The van der Waals surface area contributed by atoms with Gasteiger partial charge < -0.3 is 15.3 Å². The van der Waals surface area contributed by atoms with E-state index in [4.69, 9.17) is 4.65 Å². The number of nitrogens with one attached hydrogen (secondary N) is 2. The fraction of sp³-hybridized carbons (Fsp3) is 0.480. The summed E-state index contributed by atoms with van der Waals surface area (Å²) < 4.78 is 5.93. The van der Waals surface area contributed by atoms with Crippen molar-refractivity contribution in [2.45, 2.75) is 65.9 Å². The molecule has 2 amide bonds. The van der Waals surface area contributed by atoms with Crippen LogP contribution < -0.4 is 10.6 Å². The number of allylic oxidation sites excluding steroid dienone is 3. The molecule has 1 aromatic rings. The van der Waals surface area contributed by atoms with Gasteiger partial charge in [0, 0.05) is 55.6 Å². The summed E-state index contributed by atoms with van der Waals surface area (Å²) in [6.07, 6.45) is 4.83. The summed E-state index contributed by atoms with van der Waals surface area (Å²) in [5.74, 6) is 0.368. The zero-order chi connectivity index (χ0) is 23.0. The van der Waals surface area contributed by atoms with Crippen molar-refractivity contribution < 1.29 is 45.4 Å². The minimum absolute atomic E-state index is 0. The van der Waals surface area contributed by atoms with E-state index in [2.05, 4.69) is 29.7 Å². The summed E-state index contributed by atoms with van der Waals surface area (Å²) in [6, 6.07) is 10.2. The van der Waals surface area contributed by atoms with E-state index in [0.29, 0.717) is 12.1 Å². The van der Waals surface area contributed by atoms with Crippen LogP contribution in [0, 0.1) is 42.9 Å². The van der Waals surface area contributed by atoms with Crippen LogP contribution in [0.25, 0.3) is 5.57 Å². The third kappa shape index (κ3) is 8.58. The Hall–Kier alpha value is -1.28. The fourth-order valence-electron chi connectivity index (χ4n) is 3.25. The summed E-state index contributed by atoms with van der Waals surface area (Å²) >= 11 is 0. The smallest absolute Gasteiger partial charge is 0.314 e. The van der Waals surface area contributed by atoms with Gasteiger partial charge in [0.15, 0.2) is 0 Å². The van der Waals surface area contributed by atoms with Crippen molar-refractivity contribution in [3.05, 3.63) is 59.5 Å². The van der Waals surface area contributed by atoms with Crippen LogP contribution in [-0.4, -0.2) is 37.4 Å². The molecule has 0 saturated heterocycles. The molecule has 0 saturated carbocycles. The van der Waals surface area contributed by atoms with Crippen LogP contribution in [0.2, 0.25) is 0 Å². The summed E-state index contributed by atoms with van der Waals surface area (Å²) in [4.78, 5) is 25.2. The predicted octanol–water partition coefficient (Wildman–Crippen LogP) is 4.03. The van der Waals surface area contributed by atoms with Gasteiger partial charge in [-0.2, -0.15) is 13.8 Å². The van der Waals surface area contributed by atoms with Crippen molar-refractivity contribution in [2.24, 2.45) is 5.92 Å². The van der Waals surface area contributed by atoms with E-state index in [0.717, 1.165) is 12.3 Å². The number of benzene rings is 1. The molecule has 2 atom stereocenters. The van der Waals surface area contributed by atoms with Crippen molar-refractivity contribution >= 4 is 24.9 Å². The second-order valence-corrected chi connectivity index (χ2v) is 8.79. The molecule has 1 aliphatic rings. The molecule has 1 aromatic carbocycles. The SMILES string of the molecule is CCNC(=O)C[C@@H]([B]OC(C)(C)[C-](C)C)NC(=O)C1=CC=C(c2ccccc2)CC1C.[U]. The first kappa shape index (κ1) is 28.7. The monoisotopic (exact) mass is 660 g/mol. The Bertz CT molecular complexity index is 822. The Kier molecular flexibility index (Phi) is 12.1. The van der Waals surface area contributed by atoms with Gasteiger partial charge in [-0.1, -0.05) is 68.9 Å². The molecule has 0 bridgehead atoms. The van der Waals surface area contributed by atoms with Crippen LogP contribution in [0.4, 0.5) is 0 Å². The average Bonchev–Trinajstić information content (AvgIpc) is 2.72. The zero-order valence-corrected chi connectivity index (χ0v) is 24.3. The van der Waals surface area contributed by atoms with Crippen molar-refractivity contribution in [2.75, 3.05) is 6.54 Å². The summed E-state index contributed by atoms with van der Waals surface area (Å²) in [7, 11) is 1.58. The molecular formula is C25H35BN2O3U-. The van der Waals surface area contributed by atoms with Crippen LogP contribution in [0.3, 0.4) is 0 Å². The van der Waals surface area contributed by atoms with Gasteiger partial charge in [-0.15, -0.1) is 0 Å². The average molecular weight is 660 g/mol. The van der Waals surface area contributed by atoms with Crippen LogP contribution in [0.1, 0.15) is 59.9 Å². The van der Waals surface area contributed by atoms with Crippen molar-refractivity contribution in [1.29, 1.82) is 0 Å². The van der Waals surface area contributed by atoms with Crippen LogP contribution in [-0.2, 0) is 14.2 Å². The van der Waals surface area contributed by atoms with E-state index in [9.17, 15) is 9.59 Å². The van der Waals surface area contributed by atoms with Gasteiger partial charge in [0.1, 0.15) is 0 Å².